The van der Waals surface area contributed by atoms with E-state index in [9.17, 15) is 4.79 Å². The van der Waals surface area contributed by atoms with Crippen LogP contribution in [0.5, 0.6) is 0 Å². The lowest BCUT2D eigenvalue weighted by atomic mass is 10.1. The topological polar surface area (TPSA) is 41.1 Å². The molecule has 104 valence electrons. The maximum Gasteiger partial charge on any atom is 0.234 e. The average molecular weight is 278 g/mol. The van der Waals surface area contributed by atoms with Crippen LogP contribution in [0.4, 0.5) is 0 Å². The van der Waals surface area contributed by atoms with E-state index in [2.05, 4.69) is 17.6 Å². The van der Waals surface area contributed by atoms with Crippen LogP contribution in [0.1, 0.15) is 25.3 Å². The molecule has 2 rings (SSSR count). The lowest BCUT2D eigenvalue weighted by molar-refractivity contribution is -0.120. The summed E-state index contributed by atoms with van der Waals surface area (Å²) in [7, 11) is 0. The van der Waals surface area contributed by atoms with Crippen molar-refractivity contribution in [1.29, 1.82) is 0 Å². The Morgan fingerprint density at radius 3 is 2.84 bits per heavy atom. The van der Waals surface area contributed by atoms with E-state index in [1.165, 1.54) is 18.6 Å². The fourth-order valence-electron chi connectivity index (χ4n) is 2.28. The summed E-state index contributed by atoms with van der Waals surface area (Å²) in [6, 6.07) is 9.98. The van der Waals surface area contributed by atoms with Gasteiger partial charge in [0.25, 0.3) is 0 Å². The average Bonchev–Trinajstić information content (AvgIpc) is 2.85. The summed E-state index contributed by atoms with van der Waals surface area (Å²) < 4.78 is 0.319. The van der Waals surface area contributed by atoms with Crippen LogP contribution in [0.15, 0.2) is 30.3 Å². The first-order valence-electron chi connectivity index (χ1n) is 6.83. The molecule has 1 aliphatic heterocycles. The zero-order valence-electron chi connectivity index (χ0n) is 11.4. The lowest BCUT2D eigenvalue weighted by Gasteiger charge is -2.22. The fraction of sp³-hybridized carbons (Fsp3) is 0.533. The Hall–Kier alpha value is -1.00. The number of amides is 1. The molecule has 0 aliphatic carbocycles. The Kier molecular flexibility index (Phi) is 5.28. The maximum atomic E-state index is 11.7. The van der Waals surface area contributed by atoms with Gasteiger partial charge in [0, 0.05) is 17.8 Å². The highest BCUT2D eigenvalue weighted by molar-refractivity contribution is 8.00. The molecule has 1 saturated heterocycles. The highest BCUT2D eigenvalue weighted by Gasteiger charge is 2.28. The van der Waals surface area contributed by atoms with Crippen LogP contribution in [0, 0.1) is 0 Å². The minimum Gasteiger partial charge on any atom is -0.351 e. The first-order valence-corrected chi connectivity index (χ1v) is 7.82. The van der Waals surface area contributed by atoms with Gasteiger partial charge in [-0.3, -0.25) is 4.79 Å². The summed E-state index contributed by atoms with van der Waals surface area (Å²) >= 11 is 2.01. The van der Waals surface area contributed by atoms with Gasteiger partial charge in [0.15, 0.2) is 0 Å². The van der Waals surface area contributed by atoms with Crippen LogP contribution in [0.2, 0.25) is 0 Å². The summed E-state index contributed by atoms with van der Waals surface area (Å²) in [5, 5.41) is 6.20. The molecule has 1 unspecified atom stereocenters. The molecular weight excluding hydrogens is 256 g/mol. The Balaban J connectivity index is 1.62. The summed E-state index contributed by atoms with van der Waals surface area (Å²) in [6.45, 7) is 4.20. The Morgan fingerprint density at radius 1 is 1.37 bits per heavy atom. The molecule has 0 spiro atoms. The molecule has 0 saturated carbocycles. The van der Waals surface area contributed by atoms with Gasteiger partial charge in [0.1, 0.15) is 0 Å². The summed E-state index contributed by atoms with van der Waals surface area (Å²) in [5.74, 6) is 1.31. The van der Waals surface area contributed by atoms with E-state index in [-0.39, 0.29) is 5.91 Å². The third-order valence-corrected chi connectivity index (χ3v) is 4.96. The fourth-order valence-corrected chi connectivity index (χ4v) is 3.55. The van der Waals surface area contributed by atoms with Crippen LogP contribution >= 0.6 is 11.8 Å². The van der Waals surface area contributed by atoms with E-state index in [1.807, 2.05) is 42.1 Å². The molecular formula is C15H22N2OS. The van der Waals surface area contributed by atoms with Crippen LogP contribution in [0.3, 0.4) is 0 Å². The second-order valence-corrected chi connectivity index (χ2v) is 6.95. The van der Waals surface area contributed by atoms with E-state index in [4.69, 9.17) is 0 Å². The molecule has 2 N–H and O–H groups in total. The van der Waals surface area contributed by atoms with E-state index in [1.54, 1.807) is 0 Å². The van der Waals surface area contributed by atoms with Crippen molar-refractivity contribution in [2.24, 2.45) is 0 Å². The van der Waals surface area contributed by atoms with Gasteiger partial charge in [-0.1, -0.05) is 30.3 Å². The Labute approximate surface area is 119 Å². The highest BCUT2D eigenvalue weighted by Crippen LogP contribution is 2.36. The molecule has 1 aliphatic rings. The largest absolute Gasteiger partial charge is 0.351 e. The van der Waals surface area contributed by atoms with Crippen molar-refractivity contribution in [3.05, 3.63) is 35.9 Å². The van der Waals surface area contributed by atoms with Crippen LogP contribution in [-0.4, -0.2) is 29.5 Å². The predicted molar refractivity (Wildman–Crippen MR) is 81.3 cm³/mol. The number of nitrogens with one attached hydrogen (secondary N) is 2. The van der Waals surface area contributed by atoms with Gasteiger partial charge in [-0.05, 0) is 31.1 Å². The second-order valence-electron chi connectivity index (χ2n) is 5.27. The molecule has 19 heavy (non-hydrogen) atoms. The van der Waals surface area contributed by atoms with E-state index in [0.29, 0.717) is 17.8 Å². The number of hydrogen-bond donors (Lipinski definition) is 2. The normalized spacial score (nSPS) is 22.4. The Morgan fingerprint density at radius 2 is 2.16 bits per heavy atom. The smallest absolute Gasteiger partial charge is 0.234 e. The molecule has 1 aromatic rings. The number of thioether (sulfide) groups is 1. The van der Waals surface area contributed by atoms with Crippen molar-refractivity contribution in [2.75, 3.05) is 18.8 Å². The Bertz CT molecular complexity index is 402. The molecule has 3 nitrogen and oxygen atoms in total. The van der Waals surface area contributed by atoms with E-state index in [0.717, 1.165) is 12.1 Å². The first kappa shape index (κ1) is 14.4. The van der Waals surface area contributed by atoms with Gasteiger partial charge >= 0.3 is 0 Å². The van der Waals surface area contributed by atoms with Crippen molar-refractivity contribution < 1.29 is 4.79 Å². The zero-order chi connectivity index (χ0) is 13.6. The molecule has 1 atom stereocenters. The maximum absolute atomic E-state index is 11.7. The van der Waals surface area contributed by atoms with E-state index < -0.39 is 0 Å². The molecule has 4 heteroatoms. The third-order valence-electron chi connectivity index (χ3n) is 3.42. The third kappa shape index (κ3) is 4.88. The van der Waals surface area contributed by atoms with Gasteiger partial charge < -0.3 is 10.6 Å². The van der Waals surface area contributed by atoms with E-state index >= 15 is 0 Å². The van der Waals surface area contributed by atoms with Gasteiger partial charge in [0.2, 0.25) is 5.91 Å². The number of benzene rings is 1. The van der Waals surface area contributed by atoms with Gasteiger partial charge in [0.05, 0.1) is 6.54 Å². The minimum atomic E-state index is 0.0652. The second kappa shape index (κ2) is 6.96. The molecule has 1 amide bonds. The summed E-state index contributed by atoms with van der Waals surface area (Å²) in [6.07, 6.45) is 2.54. The first-order chi connectivity index (χ1) is 9.18. The van der Waals surface area contributed by atoms with Gasteiger partial charge in [-0.2, -0.15) is 11.8 Å². The SMILES string of the molecule is CC1(CNCC(=O)NCc2ccccc2)CCCS1. The number of hydrogen-bond acceptors (Lipinski definition) is 3. The quantitative estimate of drug-likeness (QED) is 0.838. The minimum absolute atomic E-state index is 0.0652. The number of carbonyl (C=O) groups excluding carboxylic acids is 1. The van der Waals surface area contributed by atoms with Crippen molar-refractivity contribution in [3.8, 4) is 0 Å². The standard InChI is InChI=1S/C15H22N2OS/c1-15(8-5-9-19-15)12-16-11-14(18)17-10-13-6-3-2-4-7-13/h2-4,6-7,16H,5,8-12H2,1H3,(H,17,18). The molecule has 0 aromatic heterocycles. The zero-order valence-corrected chi connectivity index (χ0v) is 12.3. The van der Waals surface area contributed by atoms with Crippen LogP contribution in [-0.2, 0) is 11.3 Å². The number of rotatable bonds is 6. The molecule has 1 heterocycles. The van der Waals surface area contributed by atoms with Crippen LogP contribution in [0.25, 0.3) is 0 Å². The van der Waals surface area contributed by atoms with Gasteiger partial charge in [-0.25, -0.2) is 0 Å². The summed E-state index contributed by atoms with van der Waals surface area (Å²) in [4.78, 5) is 11.7. The van der Waals surface area contributed by atoms with Crippen LogP contribution < -0.4 is 10.6 Å². The summed E-state index contributed by atoms with van der Waals surface area (Å²) in [5.41, 5.74) is 1.13. The lowest BCUT2D eigenvalue weighted by Crippen LogP contribution is -2.39. The van der Waals surface area contributed by atoms with Gasteiger partial charge in [-0.15, -0.1) is 0 Å². The van der Waals surface area contributed by atoms with Crippen molar-refractivity contribution in [1.82, 2.24) is 10.6 Å². The molecule has 0 radical (unpaired) electrons. The van der Waals surface area contributed by atoms with Crippen molar-refractivity contribution >= 4 is 17.7 Å². The number of carbonyl (C=O) groups is 1. The monoisotopic (exact) mass is 278 g/mol. The van der Waals surface area contributed by atoms with Crippen molar-refractivity contribution in [3.63, 3.8) is 0 Å². The molecule has 0 bridgehead atoms. The molecule has 1 fully saturated rings. The van der Waals surface area contributed by atoms with Crippen molar-refractivity contribution in [2.45, 2.75) is 31.1 Å². The highest BCUT2D eigenvalue weighted by atomic mass is 32.2. The predicted octanol–water partition coefficient (Wildman–Crippen LogP) is 2.18. The molecule has 1 aromatic carbocycles.